The normalized spacial score (nSPS) is 16.0. The van der Waals surface area contributed by atoms with Crippen molar-refractivity contribution in [1.29, 1.82) is 0 Å². The standard InChI is InChI=1S/C25H28N2O4/c28-14-13-26-25(30)23(15-17-3-5-19(6-4-17)20-7-8-20)27-24(29)21-9-11-22(12-10-21)31-16-18-1-2-18/h3-6,9-12,15,18,20,28H,1-2,7-8,13-14,16H2,(H,26,30)(H,27,29). The van der Waals surface area contributed by atoms with Gasteiger partial charge < -0.3 is 20.5 Å². The van der Waals surface area contributed by atoms with Gasteiger partial charge in [0.25, 0.3) is 11.8 Å². The molecule has 0 aromatic heterocycles. The number of hydrogen-bond donors (Lipinski definition) is 3. The molecule has 0 heterocycles. The molecule has 0 saturated heterocycles. The topological polar surface area (TPSA) is 87.7 Å². The summed E-state index contributed by atoms with van der Waals surface area (Å²) in [6.07, 6.45) is 6.54. The van der Waals surface area contributed by atoms with Crippen molar-refractivity contribution >= 4 is 17.9 Å². The molecular weight excluding hydrogens is 392 g/mol. The largest absolute Gasteiger partial charge is 0.493 e. The first kappa shape index (κ1) is 21.1. The molecule has 2 fully saturated rings. The Morgan fingerprint density at radius 1 is 1.00 bits per heavy atom. The second-order valence-corrected chi connectivity index (χ2v) is 8.21. The average Bonchev–Trinajstić information content (AvgIpc) is 3.70. The number of rotatable bonds is 10. The van der Waals surface area contributed by atoms with Crippen molar-refractivity contribution in [2.75, 3.05) is 19.8 Å². The summed E-state index contributed by atoms with van der Waals surface area (Å²) in [5, 5.41) is 14.3. The minimum atomic E-state index is -0.446. The molecule has 0 radical (unpaired) electrons. The first-order valence-electron chi connectivity index (χ1n) is 10.9. The van der Waals surface area contributed by atoms with Crippen LogP contribution in [0.5, 0.6) is 5.75 Å². The summed E-state index contributed by atoms with van der Waals surface area (Å²) in [5.74, 6) is 1.22. The van der Waals surface area contributed by atoms with Crippen LogP contribution in [0.1, 0.15) is 53.1 Å². The zero-order valence-electron chi connectivity index (χ0n) is 17.5. The van der Waals surface area contributed by atoms with Crippen molar-refractivity contribution in [2.45, 2.75) is 31.6 Å². The third-order valence-electron chi connectivity index (χ3n) is 5.49. The van der Waals surface area contributed by atoms with Gasteiger partial charge in [-0.15, -0.1) is 0 Å². The summed E-state index contributed by atoms with van der Waals surface area (Å²) in [6, 6.07) is 14.9. The fraction of sp³-hybridized carbons (Fsp3) is 0.360. The van der Waals surface area contributed by atoms with Crippen molar-refractivity contribution in [2.24, 2.45) is 5.92 Å². The molecule has 2 aromatic rings. The van der Waals surface area contributed by atoms with Gasteiger partial charge in [-0.25, -0.2) is 0 Å². The Bertz CT molecular complexity index is 942. The summed E-state index contributed by atoms with van der Waals surface area (Å²) < 4.78 is 5.71. The van der Waals surface area contributed by atoms with Gasteiger partial charge in [0.1, 0.15) is 11.4 Å². The lowest BCUT2D eigenvalue weighted by Gasteiger charge is -2.11. The molecule has 0 atom stereocenters. The second-order valence-electron chi connectivity index (χ2n) is 8.21. The van der Waals surface area contributed by atoms with Gasteiger partial charge in [0.05, 0.1) is 13.2 Å². The summed E-state index contributed by atoms with van der Waals surface area (Å²) in [6.45, 7) is 0.647. The number of hydrogen-bond acceptors (Lipinski definition) is 4. The molecule has 162 valence electrons. The maximum atomic E-state index is 12.7. The molecule has 3 N–H and O–H groups in total. The van der Waals surface area contributed by atoms with E-state index >= 15 is 0 Å². The molecule has 2 aliphatic carbocycles. The molecule has 2 saturated carbocycles. The van der Waals surface area contributed by atoms with E-state index in [1.165, 1.54) is 31.2 Å². The first-order chi connectivity index (χ1) is 15.1. The van der Waals surface area contributed by atoms with Crippen LogP contribution in [-0.4, -0.2) is 36.7 Å². The van der Waals surface area contributed by atoms with Crippen LogP contribution in [0.2, 0.25) is 0 Å². The van der Waals surface area contributed by atoms with E-state index in [0.717, 1.165) is 11.3 Å². The summed E-state index contributed by atoms with van der Waals surface area (Å²) in [7, 11) is 0. The summed E-state index contributed by atoms with van der Waals surface area (Å²) >= 11 is 0. The summed E-state index contributed by atoms with van der Waals surface area (Å²) in [5.41, 5.74) is 2.69. The molecule has 31 heavy (non-hydrogen) atoms. The quantitative estimate of drug-likeness (QED) is 0.515. The molecule has 0 spiro atoms. The molecule has 6 heteroatoms. The second kappa shape index (κ2) is 9.79. The van der Waals surface area contributed by atoms with Crippen LogP contribution in [0.4, 0.5) is 0 Å². The maximum absolute atomic E-state index is 12.7. The smallest absolute Gasteiger partial charge is 0.267 e. The zero-order chi connectivity index (χ0) is 21.6. The minimum absolute atomic E-state index is 0.111. The Hall–Kier alpha value is -3.12. The van der Waals surface area contributed by atoms with Gasteiger partial charge in [-0.2, -0.15) is 0 Å². The van der Waals surface area contributed by atoms with Gasteiger partial charge in [0.15, 0.2) is 0 Å². The predicted octanol–water partition coefficient (Wildman–Crippen LogP) is 3.23. The Labute approximate surface area is 182 Å². The Kier molecular flexibility index (Phi) is 6.67. The van der Waals surface area contributed by atoms with Crippen LogP contribution in [0, 0.1) is 5.92 Å². The lowest BCUT2D eigenvalue weighted by molar-refractivity contribution is -0.117. The average molecular weight is 421 g/mol. The first-order valence-corrected chi connectivity index (χ1v) is 10.9. The third kappa shape index (κ3) is 6.18. The zero-order valence-corrected chi connectivity index (χ0v) is 17.5. The van der Waals surface area contributed by atoms with E-state index < -0.39 is 5.91 Å². The predicted molar refractivity (Wildman–Crippen MR) is 119 cm³/mol. The van der Waals surface area contributed by atoms with Crippen LogP contribution >= 0.6 is 0 Å². The van der Waals surface area contributed by atoms with Crippen molar-refractivity contribution in [3.05, 3.63) is 70.9 Å². The van der Waals surface area contributed by atoms with Gasteiger partial charge >= 0.3 is 0 Å². The van der Waals surface area contributed by atoms with Crippen LogP contribution < -0.4 is 15.4 Å². The number of aliphatic hydroxyl groups is 1. The highest BCUT2D eigenvalue weighted by Crippen LogP contribution is 2.40. The summed E-state index contributed by atoms with van der Waals surface area (Å²) in [4.78, 5) is 25.3. The van der Waals surface area contributed by atoms with E-state index in [2.05, 4.69) is 22.8 Å². The van der Waals surface area contributed by atoms with E-state index in [4.69, 9.17) is 9.84 Å². The van der Waals surface area contributed by atoms with Gasteiger partial charge in [0, 0.05) is 12.1 Å². The lowest BCUT2D eigenvalue weighted by Crippen LogP contribution is -2.36. The number of carbonyl (C=O) groups excluding carboxylic acids is 2. The molecule has 2 aliphatic rings. The Balaban J connectivity index is 1.44. The van der Waals surface area contributed by atoms with Gasteiger partial charge in [-0.3, -0.25) is 9.59 Å². The number of carbonyl (C=O) groups is 2. The highest BCUT2D eigenvalue weighted by atomic mass is 16.5. The van der Waals surface area contributed by atoms with Crippen LogP contribution in [0.25, 0.3) is 6.08 Å². The molecule has 2 aromatic carbocycles. The van der Waals surface area contributed by atoms with E-state index in [1.807, 2.05) is 12.1 Å². The Morgan fingerprint density at radius 3 is 2.32 bits per heavy atom. The van der Waals surface area contributed by atoms with E-state index in [9.17, 15) is 9.59 Å². The third-order valence-corrected chi connectivity index (χ3v) is 5.49. The molecule has 4 rings (SSSR count). The van der Waals surface area contributed by atoms with Crippen molar-refractivity contribution in [3.63, 3.8) is 0 Å². The molecule has 2 amide bonds. The number of benzene rings is 2. The van der Waals surface area contributed by atoms with Crippen LogP contribution in [0.3, 0.4) is 0 Å². The fourth-order valence-corrected chi connectivity index (χ4v) is 3.27. The number of ether oxygens (including phenoxy) is 1. The fourth-order valence-electron chi connectivity index (χ4n) is 3.27. The van der Waals surface area contributed by atoms with Gasteiger partial charge in [-0.1, -0.05) is 24.3 Å². The van der Waals surface area contributed by atoms with E-state index in [-0.39, 0.29) is 24.8 Å². The SMILES string of the molecule is O=C(NCCO)C(=Cc1ccc(C2CC2)cc1)NC(=O)c1ccc(OCC2CC2)cc1. The van der Waals surface area contributed by atoms with Crippen LogP contribution in [0.15, 0.2) is 54.2 Å². The van der Waals surface area contributed by atoms with Crippen molar-refractivity contribution < 1.29 is 19.4 Å². The monoisotopic (exact) mass is 420 g/mol. The number of nitrogens with one attached hydrogen (secondary N) is 2. The molecule has 6 nitrogen and oxygen atoms in total. The van der Waals surface area contributed by atoms with Crippen molar-refractivity contribution in [3.8, 4) is 5.75 Å². The minimum Gasteiger partial charge on any atom is -0.493 e. The maximum Gasteiger partial charge on any atom is 0.267 e. The highest BCUT2D eigenvalue weighted by Gasteiger charge is 2.23. The molecular formula is C25H28N2O4. The Morgan fingerprint density at radius 2 is 1.71 bits per heavy atom. The highest BCUT2D eigenvalue weighted by molar-refractivity contribution is 6.05. The molecule has 0 unspecified atom stereocenters. The van der Waals surface area contributed by atoms with Crippen LogP contribution in [-0.2, 0) is 4.79 Å². The van der Waals surface area contributed by atoms with Gasteiger partial charge in [-0.05, 0) is 79.0 Å². The number of aliphatic hydroxyl groups excluding tert-OH is 1. The number of amides is 2. The lowest BCUT2D eigenvalue weighted by atomic mass is 10.1. The van der Waals surface area contributed by atoms with E-state index in [0.29, 0.717) is 24.0 Å². The van der Waals surface area contributed by atoms with Crippen molar-refractivity contribution in [1.82, 2.24) is 10.6 Å². The van der Waals surface area contributed by atoms with Gasteiger partial charge in [0.2, 0.25) is 0 Å². The molecule has 0 bridgehead atoms. The van der Waals surface area contributed by atoms with E-state index in [1.54, 1.807) is 30.3 Å². The molecule has 0 aliphatic heterocycles.